The summed E-state index contributed by atoms with van der Waals surface area (Å²) in [5.41, 5.74) is 0. The number of nitrogens with one attached hydrogen (secondary N) is 1. The van der Waals surface area contributed by atoms with Crippen molar-refractivity contribution in [3.05, 3.63) is 0 Å². The second-order valence-corrected chi connectivity index (χ2v) is 7.13. The highest BCUT2D eigenvalue weighted by Gasteiger charge is 2.39. The molecule has 0 aliphatic heterocycles. The quantitative estimate of drug-likeness (QED) is 0.733. The molecule has 4 heteroatoms. The summed E-state index contributed by atoms with van der Waals surface area (Å²) in [6.07, 6.45) is 7.12. The van der Waals surface area contributed by atoms with Gasteiger partial charge in [0.15, 0.2) is 0 Å². The van der Waals surface area contributed by atoms with Crippen LogP contribution in [0.4, 0.5) is 0 Å². The minimum atomic E-state index is 0.240. The van der Waals surface area contributed by atoms with E-state index in [-0.39, 0.29) is 5.91 Å². The molecule has 0 aromatic carbocycles. The van der Waals surface area contributed by atoms with Crippen molar-refractivity contribution in [2.75, 3.05) is 20.3 Å². The van der Waals surface area contributed by atoms with E-state index in [9.17, 15) is 4.79 Å². The lowest BCUT2D eigenvalue weighted by Crippen LogP contribution is -2.29. The van der Waals surface area contributed by atoms with Crippen LogP contribution in [0, 0.1) is 17.8 Å². The number of fused-ring (bicyclic) bond motifs is 2. The van der Waals surface area contributed by atoms with Crippen molar-refractivity contribution >= 4 is 21.8 Å². The molecule has 0 heterocycles. The summed E-state index contributed by atoms with van der Waals surface area (Å²) in [4.78, 5) is 12.2. The van der Waals surface area contributed by atoms with Gasteiger partial charge >= 0.3 is 0 Å². The molecular weight excluding hydrogens is 294 g/mol. The molecule has 0 saturated heterocycles. The molecule has 104 valence electrons. The Kier molecular flexibility index (Phi) is 5.49. The Hall–Kier alpha value is -0.0900. The molecule has 2 rings (SSSR count). The molecule has 4 atom stereocenters. The van der Waals surface area contributed by atoms with Crippen molar-refractivity contribution in [3.63, 3.8) is 0 Å². The van der Waals surface area contributed by atoms with Crippen molar-refractivity contribution in [1.82, 2.24) is 5.32 Å². The van der Waals surface area contributed by atoms with Crippen LogP contribution in [0.2, 0.25) is 0 Å². The number of alkyl halides is 1. The average molecular weight is 318 g/mol. The van der Waals surface area contributed by atoms with Crippen LogP contribution >= 0.6 is 15.9 Å². The normalized spacial score (nSPS) is 31.6. The summed E-state index contributed by atoms with van der Waals surface area (Å²) in [6, 6.07) is 0. The standard InChI is InChI=1S/C14H24BrNO2/c1-18-9-13(15)4-5-16-14(17)8-12-7-10-2-3-11(12)6-10/h10-13H,2-9H2,1H3,(H,16,17). The highest BCUT2D eigenvalue weighted by atomic mass is 79.9. The smallest absolute Gasteiger partial charge is 0.220 e. The zero-order valence-corrected chi connectivity index (χ0v) is 12.7. The van der Waals surface area contributed by atoms with Gasteiger partial charge in [-0.05, 0) is 43.4 Å². The lowest BCUT2D eigenvalue weighted by molar-refractivity contribution is -0.122. The third kappa shape index (κ3) is 3.95. The minimum absolute atomic E-state index is 0.240. The van der Waals surface area contributed by atoms with E-state index in [1.165, 1.54) is 25.7 Å². The van der Waals surface area contributed by atoms with Gasteiger partial charge in [0.2, 0.25) is 5.91 Å². The monoisotopic (exact) mass is 317 g/mol. The summed E-state index contributed by atoms with van der Waals surface area (Å²) in [5.74, 6) is 2.69. The zero-order valence-electron chi connectivity index (χ0n) is 11.2. The number of rotatable bonds is 7. The van der Waals surface area contributed by atoms with Gasteiger partial charge in [0.1, 0.15) is 0 Å². The van der Waals surface area contributed by atoms with Crippen LogP contribution in [-0.4, -0.2) is 31.0 Å². The summed E-state index contributed by atoms with van der Waals surface area (Å²) < 4.78 is 5.04. The fraction of sp³-hybridized carbons (Fsp3) is 0.929. The van der Waals surface area contributed by atoms with Crippen LogP contribution in [-0.2, 0) is 9.53 Å². The van der Waals surface area contributed by atoms with Crippen LogP contribution in [0.3, 0.4) is 0 Å². The van der Waals surface area contributed by atoms with Crippen molar-refractivity contribution in [1.29, 1.82) is 0 Å². The first-order valence-electron chi connectivity index (χ1n) is 7.08. The van der Waals surface area contributed by atoms with E-state index in [0.717, 1.165) is 31.2 Å². The molecule has 2 saturated carbocycles. The topological polar surface area (TPSA) is 38.3 Å². The molecule has 1 N–H and O–H groups in total. The minimum Gasteiger partial charge on any atom is -0.384 e. The first-order chi connectivity index (χ1) is 8.69. The Morgan fingerprint density at radius 2 is 2.28 bits per heavy atom. The van der Waals surface area contributed by atoms with E-state index >= 15 is 0 Å². The molecule has 0 aromatic rings. The lowest BCUT2D eigenvalue weighted by atomic mass is 9.86. The van der Waals surface area contributed by atoms with Crippen molar-refractivity contribution in [2.24, 2.45) is 17.8 Å². The van der Waals surface area contributed by atoms with Crippen molar-refractivity contribution < 1.29 is 9.53 Å². The maximum Gasteiger partial charge on any atom is 0.220 e. The van der Waals surface area contributed by atoms with Gasteiger partial charge in [0.25, 0.3) is 0 Å². The molecule has 0 aromatic heterocycles. The summed E-state index contributed by atoms with van der Waals surface area (Å²) >= 11 is 3.53. The summed E-state index contributed by atoms with van der Waals surface area (Å²) in [5, 5.41) is 3.03. The molecule has 2 bridgehead atoms. The third-order valence-electron chi connectivity index (χ3n) is 4.46. The highest BCUT2D eigenvalue weighted by Crippen LogP contribution is 2.49. The molecule has 2 fully saturated rings. The number of carbonyl (C=O) groups excluding carboxylic acids is 1. The molecule has 2 aliphatic carbocycles. The van der Waals surface area contributed by atoms with E-state index < -0.39 is 0 Å². The molecule has 0 spiro atoms. The number of hydrogen-bond donors (Lipinski definition) is 1. The average Bonchev–Trinajstić information content (AvgIpc) is 2.91. The number of ether oxygens (including phenoxy) is 1. The van der Waals surface area contributed by atoms with Gasteiger partial charge < -0.3 is 10.1 Å². The first kappa shape index (κ1) is 14.3. The van der Waals surface area contributed by atoms with Gasteiger partial charge in [-0.1, -0.05) is 22.4 Å². The predicted molar refractivity (Wildman–Crippen MR) is 75.8 cm³/mol. The number of carbonyl (C=O) groups is 1. The van der Waals surface area contributed by atoms with Gasteiger partial charge in [-0.25, -0.2) is 0 Å². The van der Waals surface area contributed by atoms with Crippen LogP contribution in [0.1, 0.15) is 38.5 Å². The Balaban J connectivity index is 1.58. The van der Waals surface area contributed by atoms with E-state index in [1.54, 1.807) is 7.11 Å². The first-order valence-corrected chi connectivity index (χ1v) is 8.00. The second kappa shape index (κ2) is 6.90. The number of methoxy groups -OCH3 is 1. The van der Waals surface area contributed by atoms with Gasteiger partial charge in [0, 0.05) is 24.9 Å². The Morgan fingerprint density at radius 3 is 2.89 bits per heavy atom. The van der Waals surface area contributed by atoms with Gasteiger partial charge in [0.05, 0.1) is 6.61 Å². The van der Waals surface area contributed by atoms with Gasteiger partial charge in [-0.15, -0.1) is 0 Å². The maximum atomic E-state index is 11.9. The number of hydrogen-bond acceptors (Lipinski definition) is 2. The van der Waals surface area contributed by atoms with Gasteiger partial charge in [-0.3, -0.25) is 4.79 Å². The molecule has 2 aliphatic rings. The maximum absolute atomic E-state index is 11.9. The second-order valence-electron chi connectivity index (χ2n) is 5.83. The van der Waals surface area contributed by atoms with Crippen LogP contribution < -0.4 is 5.32 Å². The van der Waals surface area contributed by atoms with E-state index in [0.29, 0.717) is 17.4 Å². The number of halogens is 1. The fourth-order valence-electron chi connectivity index (χ4n) is 3.57. The Morgan fingerprint density at radius 1 is 1.44 bits per heavy atom. The number of amides is 1. The van der Waals surface area contributed by atoms with Crippen LogP contribution in [0.25, 0.3) is 0 Å². The van der Waals surface area contributed by atoms with Crippen LogP contribution in [0.15, 0.2) is 0 Å². The van der Waals surface area contributed by atoms with E-state index in [4.69, 9.17) is 4.74 Å². The molecule has 1 amide bonds. The van der Waals surface area contributed by atoms with Crippen LogP contribution in [0.5, 0.6) is 0 Å². The third-order valence-corrected chi connectivity index (χ3v) is 5.18. The van der Waals surface area contributed by atoms with E-state index in [2.05, 4.69) is 21.2 Å². The molecular formula is C14H24BrNO2. The van der Waals surface area contributed by atoms with Gasteiger partial charge in [-0.2, -0.15) is 0 Å². The fourth-order valence-corrected chi connectivity index (χ4v) is 4.06. The Bertz CT molecular complexity index is 285. The largest absolute Gasteiger partial charge is 0.384 e. The summed E-state index contributed by atoms with van der Waals surface area (Å²) in [6.45, 7) is 1.45. The summed E-state index contributed by atoms with van der Waals surface area (Å²) in [7, 11) is 1.70. The zero-order chi connectivity index (χ0) is 13.0. The SMILES string of the molecule is COCC(Br)CCNC(=O)CC1CC2CCC1C2. The highest BCUT2D eigenvalue weighted by molar-refractivity contribution is 9.09. The van der Waals surface area contributed by atoms with Crippen molar-refractivity contribution in [3.8, 4) is 0 Å². The molecule has 18 heavy (non-hydrogen) atoms. The lowest BCUT2D eigenvalue weighted by Gasteiger charge is -2.21. The molecule has 3 nitrogen and oxygen atoms in total. The van der Waals surface area contributed by atoms with E-state index in [1.807, 2.05) is 0 Å². The molecule has 4 unspecified atom stereocenters. The molecule has 0 radical (unpaired) electrons. The van der Waals surface area contributed by atoms with Crippen molar-refractivity contribution in [2.45, 2.75) is 43.4 Å². The Labute approximate surface area is 118 Å². The predicted octanol–water partition coefficient (Wildman–Crippen LogP) is 2.73.